The first-order valence-corrected chi connectivity index (χ1v) is 45.9. The van der Waals surface area contributed by atoms with E-state index in [1.807, 2.05) is 159 Å². The summed E-state index contributed by atoms with van der Waals surface area (Å²) in [6.07, 6.45) is 23.2. The third-order valence-electron chi connectivity index (χ3n) is 33.7. The maximum absolute atomic E-state index is 13.4. The van der Waals surface area contributed by atoms with Crippen LogP contribution in [0.4, 0.5) is 0 Å². The Morgan fingerprint density at radius 2 is 0.713 bits per heavy atom. The molecule has 6 amide bonds. The van der Waals surface area contributed by atoms with Gasteiger partial charge in [-0.25, -0.2) is 0 Å². The van der Waals surface area contributed by atoms with E-state index >= 15 is 0 Å². The van der Waals surface area contributed by atoms with Crippen molar-refractivity contribution in [1.82, 2.24) is 29.8 Å². The van der Waals surface area contributed by atoms with Gasteiger partial charge in [-0.2, -0.15) is 0 Å². The first-order valence-electron chi connectivity index (χ1n) is 42.7. The predicted molar refractivity (Wildman–Crippen MR) is 445 cm³/mol. The van der Waals surface area contributed by atoms with E-state index in [0.717, 1.165) is 110 Å². The number of hydrogen-bond donors (Lipinski definition) is 2. The van der Waals surface area contributed by atoms with Crippen LogP contribution in [0.25, 0.3) is 0 Å². The van der Waals surface area contributed by atoms with Gasteiger partial charge < -0.3 is 58.6 Å². The zero-order valence-electron chi connectivity index (χ0n) is 66.3. The number of aliphatic hydroxyl groups excluding tert-OH is 1. The van der Waals surface area contributed by atoms with Crippen molar-refractivity contribution < 1.29 is 57.6 Å². The standard InChI is InChI=1S/C19H23NO2.2C17H17Br2NO2.C16H17NO2.C12H19NO2.C12H13NO2/c1-17(2)18(9-6-10-18)19(17)11-14-12-22-15(20(14)16(19)21)13-7-4-3-5-8-13;2*18-17(19)15(7-4-8-15)16(17)9-12-10-22-13(20(12)14(16)21)11-5-2-1-3-6-11;18-15-14(11-7-4-8-11)9-13-10-19-16(17(13)15)12-5-2-1-3-6-12;1-10(2)11(4-3-5-11)12(10)6-8(7-14)13-9(12)15;14-11-7-6-10-8-15-12(13(10)11)9-4-2-1-3-5-9/h3-5,7-8,14-15H,6,9-12H2,1-2H3;2*1-3,5-6,12-13H,4,7-10H2;1-3,5-6,13,16H,4,7-10H2;8,14H,3-7H2,1-2H3,(H,13,15);1-5,10,12H,6-8H2/t14?,15-,19-;12?,13-,16+;12?,13-,16-;13?,16-;8?,12-;10?,12-/m111111/s1. The number of ether oxygens (including phenoxy) is 5. The van der Waals surface area contributed by atoms with Gasteiger partial charge in [0.15, 0.2) is 31.1 Å². The summed E-state index contributed by atoms with van der Waals surface area (Å²) >= 11 is 15.4. The van der Waals surface area contributed by atoms with Gasteiger partial charge in [0, 0.05) is 57.1 Å². The van der Waals surface area contributed by atoms with Crippen LogP contribution in [0.2, 0.25) is 0 Å². The Kier molecular flexibility index (Phi) is 18.8. The molecule has 25 rings (SSSR count). The average Bonchev–Trinajstić information content (AvgIpc) is 1.43. The molecule has 2 N–H and O–H groups in total. The van der Waals surface area contributed by atoms with E-state index in [0.29, 0.717) is 56.8 Å². The summed E-state index contributed by atoms with van der Waals surface area (Å²) in [7, 11) is 0. The van der Waals surface area contributed by atoms with Crippen molar-refractivity contribution in [2.45, 2.75) is 243 Å². The molecule has 9 saturated carbocycles. The van der Waals surface area contributed by atoms with Gasteiger partial charge in [-0.3, -0.25) is 28.8 Å². The van der Waals surface area contributed by atoms with E-state index in [-0.39, 0.29) is 153 Å². The van der Waals surface area contributed by atoms with Gasteiger partial charge in [-0.1, -0.05) is 274 Å². The van der Waals surface area contributed by atoms with Crippen LogP contribution in [0.3, 0.4) is 0 Å². The highest BCUT2D eigenvalue weighted by molar-refractivity contribution is 9.26. The number of rotatable bonds is 6. The second-order valence-electron chi connectivity index (χ2n) is 38.0. The minimum atomic E-state index is -0.264. The van der Waals surface area contributed by atoms with E-state index < -0.39 is 0 Å². The molecule has 11 heterocycles. The lowest BCUT2D eigenvalue weighted by Crippen LogP contribution is -2.35. The first-order chi connectivity index (χ1) is 55.4. The van der Waals surface area contributed by atoms with Gasteiger partial charge in [0.05, 0.1) is 97.6 Å². The number of halogens is 4. The highest BCUT2D eigenvalue weighted by Crippen LogP contribution is 2.93. The molecule has 608 valence electrons. The van der Waals surface area contributed by atoms with Crippen LogP contribution in [-0.2, 0) is 52.5 Å². The van der Waals surface area contributed by atoms with Crippen molar-refractivity contribution in [1.29, 1.82) is 0 Å². The summed E-state index contributed by atoms with van der Waals surface area (Å²) in [6.45, 7) is 12.5. The molecule has 15 atom stereocenters. The van der Waals surface area contributed by atoms with Crippen molar-refractivity contribution >= 4 is 99.2 Å². The molecule has 0 bridgehead atoms. The highest BCUT2D eigenvalue weighted by Gasteiger charge is 2.95. The lowest BCUT2D eigenvalue weighted by molar-refractivity contribution is -0.141. The van der Waals surface area contributed by atoms with Gasteiger partial charge >= 0.3 is 0 Å². The van der Waals surface area contributed by atoms with Crippen molar-refractivity contribution in [2.24, 2.45) is 54.1 Å². The minimum Gasteiger partial charge on any atom is -0.394 e. The molecular formula is C93H106Br4N6O12. The average molecular weight is 1820 g/mol. The molecule has 9 aliphatic carbocycles. The number of hydrogen-bond acceptors (Lipinski definition) is 12. The highest BCUT2D eigenvalue weighted by atomic mass is 79.9. The Labute approximate surface area is 708 Å². The van der Waals surface area contributed by atoms with Gasteiger partial charge in [-0.05, 0) is 124 Å². The van der Waals surface area contributed by atoms with Crippen LogP contribution in [0.15, 0.2) is 163 Å². The number of nitrogens with zero attached hydrogens (tertiary/aromatic N) is 5. The normalized spacial score (nSPS) is 37.5. The van der Waals surface area contributed by atoms with Gasteiger partial charge in [-0.15, -0.1) is 0 Å². The van der Waals surface area contributed by atoms with Crippen molar-refractivity contribution in [3.05, 3.63) is 191 Å². The smallest absolute Gasteiger partial charge is 0.252 e. The topological polar surface area (TPSA) is 197 Å². The van der Waals surface area contributed by atoms with E-state index in [2.05, 4.69) is 114 Å². The predicted octanol–water partition coefficient (Wildman–Crippen LogP) is 17.0. The molecule has 11 aliphatic heterocycles. The molecule has 20 aliphatic rings. The third kappa shape index (κ3) is 10.3. The number of carbonyl (C=O) groups excluding carboxylic acids is 6. The molecule has 5 aromatic carbocycles. The number of aliphatic hydroxyl groups is 1. The summed E-state index contributed by atoms with van der Waals surface area (Å²) in [5.74, 6) is 1.56. The summed E-state index contributed by atoms with van der Waals surface area (Å²) < 4.78 is 29.0. The zero-order valence-corrected chi connectivity index (χ0v) is 72.6. The zero-order chi connectivity index (χ0) is 79.5. The van der Waals surface area contributed by atoms with Crippen LogP contribution in [0.5, 0.6) is 0 Å². The molecule has 0 radical (unpaired) electrons. The lowest BCUT2D eigenvalue weighted by Gasteiger charge is -2.31. The van der Waals surface area contributed by atoms with Crippen LogP contribution >= 0.6 is 63.7 Å². The Morgan fingerprint density at radius 1 is 0.383 bits per heavy atom. The fraction of sp³-hybridized carbons (Fsp3) is 0.591. The van der Waals surface area contributed by atoms with Crippen LogP contribution in [0.1, 0.15) is 228 Å². The molecule has 5 aromatic rings. The van der Waals surface area contributed by atoms with E-state index in [1.165, 1.54) is 63.4 Å². The Hall–Kier alpha value is -5.66. The van der Waals surface area contributed by atoms with Gasteiger partial charge in [0.25, 0.3) is 5.91 Å². The Balaban J connectivity index is 0.0000000898. The second-order valence-corrected chi connectivity index (χ2v) is 44.9. The Morgan fingerprint density at radius 3 is 1.03 bits per heavy atom. The van der Waals surface area contributed by atoms with Gasteiger partial charge in [0.1, 0.15) is 6.47 Å². The molecular weight excluding hydrogens is 1710 g/mol. The number of benzene rings is 5. The molecule has 0 aromatic heterocycles. The molecule has 18 nitrogen and oxygen atoms in total. The summed E-state index contributed by atoms with van der Waals surface area (Å²) in [4.78, 5) is 86.5. The molecule has 22 heteroatoms. The van der Waals surface area contributed by atoms with Crippen LogP contribution in [-0.4, -0.2) is 147 Å². The molecule has 6 unspecified atom stereocenters. The maximum atomic E-state index is 13.4. The first kappa shape index (κ1) is 77.9. The lowest BCUT2D eigenvalue weighted by atomic mass is 9.73. The van der Waals surface area contributed by atoms with Crippen LogP contribution < -0.4 is 5.32 Å². The quantitative estimate of drug-likeness (QED) is 0.121. The fourth-order valence-electron chi connectivity index (χ4n) is 26.7. The SMILES string of the molecule is CC1(C)C2(CCC2)[C@@]12CC(CO)NC2=O.CC1(C)C2(CCC2)[C@@]12CC1CO[C@H](c3ccccc3)N1C2=O.O=C1C(=C2CCC2)CC2CO[C@H](c3ccccc3)N12.O=C1CCC2CO[C@H](c3ccccc3)N12.O=C1N2C(CO[C@@H]2c2ccccc2)C[C@@]12C(Br)(Br)C21CCC1.O=C1N2C(CO[C@@H]2c2ccccc2)C[C@]12C(Br)(Br)C21CCC1. The van der Waals surface area contributed by atoms with Crippen molar-refractivity contribution in [3.63, 3.8) is 0 Å². The third-order valence-corrected chi connectivity index (χ3v) is 39.5. The number of fused-ring (bicyclic) bond motifs is 9. The van der Waals surface area contributed by atoms with E-state index in [4.69, 9.17) is 28.8 Å². The second kappa shape index (κ2) is 27.7. The number of nitrogens with one attached hydrogen (secondary N) is 1. The molecule has 20 fully saturated rings. The Bertz CT molecular complexity index is 4450. The maximum Gasteiger partial charge on any atom is 0.252 e. The van der Waals surface area contributed by atoms with Gasteiger partial charge in [0.2, 0.25) is 29.5 Å². The fourth-order valence-corrected chi connectivity index (χ4v) is 32.1. The number of carbonyl (C=O) groups is 6. The number of amides is 6. The summed E-state index contributed by atoms with van der Waals surface area (Å²) in [5.41, 5.74) is 8.26. The monoisotopic (exact) mass is 1810 g/mol. The van der Waals surface area contributed by atoms with Crippen molar-refractivity contribution in [2.75, 3.05) is 39.6 Å². The number of allylic oxidation sites excluding steroid dienone is 1. The summed E-state index contributed by atoms with van der Waals surface area (Å²) in [5, 5.41) is 12.1. The van der Waals surface area contributed by atoms with E-state index in [1.54, 1.807) is 0 Å². The molecule has 11 saturated heterocycles. The number of alkyl halides is 4. The van der Waals surface area contributed by atoms with E-state index in [9.17, 15) is 28.8 Å². The summed E-state index contributed by atoms with van der Waals surface area (Å²) in [6, 6.07) is 51.7. The minimum absolute atomic E-state index is 0.00301. The van der Waals surface area contributed by atoms with Crippen LogP contribution in [0, 0.1) is 54.1 Å². The largest absolute Gasteiger partial charge is 0.394 e. The van der Waals surface area contributed by atoms with Crippen molar-refractivity contribution in [3.8, 4) is 0 Å². The molecule has 8 spiro atoms. The molecule has 115 heavy (non-hydrogen) atoms.